The minimum atomic E-state index is -0.551. The Morgan fingerprint density at radius 3 is 2.52 bits per heavy atom. The number of hydrogen-bond acceptors (Lipinski definition) is 6. The van der Waals surface area contributed by atoms with E-state index in [-0.39, 0.29) is 17.0 Å². The lowest BCUT2D eigenvalue weighted by Gasteiger charge is -2.08. The van der Waals surface area contributed by atoms with Gasteiger partial charge in [-0.15, -0.1) is 10.2 Å². The van der Waals surface area contributed by atoms with Crippen LogP contribution in [0.15, 0.2) is 71.7 Å². The van der Waals surface area contributed by atoms with Crippen LogP contribution in [-0.2, 0) is 0 Å². The summed E-state index contributed by atoms with van der Waals surface area (Å²) in [5.41, 5.74) is 2.75. The van der Waals surface area contributed by atoms with Gasteiger partial charge < -0.3 is 5.11 Å². The van der Waals surface area contributed by atoms with E-state index in [1.165, 1.54) is 23.1 Å². The number of nitro groups is 1. The van der Waals surface area contributed by atoms with E-state index in [1.807, 2.05) is 30.3 Å². The standard InChI is InChI=1S/C19H13N5O3/c25-19-9-7-16(24(26)27)10-13(19)12-20-14-6-8-17-18(11-14)22-23(21-17)15-4-2-1-3-5-15/h1-12,25H/p-1. The third-order valence-corrected chi connectivity index (χ3v) is 3.91. The molecule has 3 aromatic carbocycles. The summed E-state index contributed by atoms with van der Waals surface area (Å²) < 4.78 is 0. The molecule has 0 fully saturated rings. The quantitative estimate of drug-likeness (QED) is 0.316. The van der Waals surface area contributed by atoms with Crippen LogP contribution in [0.1, 0.15) is 5.56 Å². The van der Waals surface area contributed by atoms with Gasteiger partial charge in [-0.25, -0.2) is 0 Å². The summed E-state index contributed by atoms with van der Waals surface area (Å²) in [6.07, 6.45) is 1.32. The van der Waals surface area contributed by atoms with Crippen molar-refractivity contribution >= 4 is 28.6 Å². The largest absolute Gasteiger partial charge is 0.872 e. The van der Waals surface area contributed by atoms with Gasteiger partial charge in [0.25, 0.3) is 5.69 Å². The van der Waals surface area contributed by atoms with Crippen molar-refractivity contribution < 1.29 is 10.0 Å². The molecule has 0 N–H and O–H groups in total. The van der Waals surface area contributed by atoms with Crippen LogP contribution in [0.4, 0.5) is 11.4 Å². The zero-order valence-electron chi connectivity index (χ0n) is 13.9. The lowest BCUT2D eigenvalue weighted by molar-refractivity contribution is -0.385. The highest BCUT2D eigenvalue weighted by Gasteiger charge is 2.07. The van der Waals surface area contributed by atoms with Gasteiger partial charge in [0.15, 0.2) is 0 Å². The van der Waals surface area contributed by atoms with Crippen molar-refractivity contribution in [2.24, 2.45) is 4.99 Å². The smallest absolute Gasteiger partial charge is 0.270 e. The van der Waals surface area contributed by atoms with E-state index in [2.05, 4.69) is 15.2 Å². The van der Waals surface area contributed by atoms with Crippen LogP contribution in [0, 0.1) is 10.1 Å². The number of nitro benzene ring substituents is 1. The van der Waals surface area contributed by atoms with Crippen LogP contribution in [0.25, 0.3) is 16.7 Å². The highest BCUT2D eigenvalue weighted by Crippen LogP contribution is 2.22. The topological polar surface area (TPSA) is 109 Å². The zero-order chi connectivity index (χ0) is 18.8. The monoisotopic (exact) mass is 358 g/mol. The molecule has 0 aliphatic heterocycles. The van der Waals surface area contributed by atoms with Crippen molar-refractivity contribution in [1.82, 2.24) is 15.0 Å². The third-order valence-electron chi connectivity index (χ3n) is 3.91. The lowest BCUT2D eigenvalue weighted by atomic mass is 10.2. The summed E-state index contributed by atoms with van der Waals surface area (Å²) in [7, 11) is 0. The van der Waals surface area contributed by atoms with Gasteiger partial charge in [0.1, 0.15) is 11.0 Å². The first-order chi connectivity index (χ1) is 13.1. The van der Waals surface area contributed by atoms with Crippen LogP contribution < -0.4 is 5.11 Å². The van der Waals surface area contributed by atoms with E-state index in [1.54, 1.807) is 18.2 Å². The first kappa shape index (κ1) is 16.4. The van der Waals surface area contributed by atoms with Crippen molar-refractivity contribution in [1.29, 1.82) is 0 Å². The molecule has 0 unspecified atom stereocenters. The normalized spacial score (nSPS) is 11.3. The summed E-state index contributed by atoms with van der Waals surface area (Å²) in [5.74, 6) is -0.333. The van der Waals surface area contributed by atoms with Crippen LogP contribution >= 0.6 is 0 Å². The second kappa shape index (κ2) is 6.68. The second-order valence-electron chi connectivity index (χ2n) is 5.74. The van der Waals surface area contributed by atoms with Crippen molar-refractivity contribution in [2.75, 3.05) is 0 Å². The molecule has 1 aromatic heterocycles. The van der Waals surface area contributed by atoms with Gasteiger partial charge in [-0.3, -0.25) is 15.1 Å². The van der Waals surface area contributed by atoms with E-state index in [9.17, 15) is 15.2 Å². The van der Waals surface area contributed by atoms with Crippen molar-refractivity contribution in [3.8, 4) is 11.4 Å². The van der Waals surface area contributed by atoms with E-state index < -0.39 is 4.92 Å². The zero-order valence-corrected chi connectivity index (χ0v) is 13.9. The Morgan fingerprint density at radius 1 is 0.963 bits per heavy atom. The number of fused-ring (bicyclic) bond motifs is 1. The van der Waals surface area contributed by atoms with Crippen LogP contribution in [0.5, 0.6) is 5.75 Å². The van der Waals surface area contributed by atoms with Crippen molar-refractivity contribution in [3.63, 3.8) is 0 Å². The Labute approximate surface area is 153 Å². The van der Waals surface area contributed by atoms with E-state index in [0.29, 0.717) is 16.7 Å². The first-order valence-corrected chi connectivity index (χ1v) is 8.02. The maximum absolute atomic E-state index is 11.8. The Balaban J connectivity index is 1.66. The molecule has 0 aliphatic carbocycles. The van der Waals surface area contributed by atoms with Crippen LogP contribution in [0.3, 0.4) is 0 Å². The molecule has 0 saturated carbocycles. The maximum Gasteiger partial charge on any atom is 0.270 e. The molecule has 27 heavy (non-hydrogen) atoms. The number of aliphatic imine (C=N–C) groups is 1. The minimum absolute atomic E-state index is 0.150. The molecule has 0 saturated heterocycles. The molecule has 0 bridgehead atoms. The van der Waals surface area contributed by atoms with Gasteiger partial charge in [-0.1, -0.05) is 30.0 Å². The van der Waals surface area contributed by atoms with E-state index in [4.69, 9.17) is 0 Å². The minimum Gasteiger partial charge on any atom is -0.872 e. The molecule has 0 spiro atoms. The van der Waals surface area contributed by atoms with Gasteiger partial charge in [-0.05, 0) is 35.9 Å². The average Bonchev–Trinajstić information content (AvgIpc) is 3.11. The van der Waals surface area contributed by atoms with Crippen molar-refractivity contribution in [3.05, 3.63) is 82.4 Å². The summed E-state index contributed by atoms with van der Waals surface area (Å²) in [6, 6.07) is 18.3. The van der Waals surface area contributed by atoms with E-state index >= 15 is 0 Å². The SMILES string of the molecule is O=[N+]([O-])c1ccc([O-])c(C=Nc2ccc3nn(-c4ccccc4)nc3c2)c1. The van der Waals surface area contributed by atoms with Gasteiger partial charge in [0.2, 0.25) is 0 Å². The fourth-order valence-electron chi connectivity index (χ4n) is 2.55. The Bertz CT molecular complexity index is 1170. The Kier molecular flexibility index (Phi) is 4.06. The molecular formula is C19H12N5O3-. The lowest BCUT2D eigenvalue weighted by Crippen LogP contribution is -1.98. The van der Waals surface area contributed by atoms with Gasteiger partial charge in [0.05, 0.1) is 16.3 Å². The highest BCUT2D eigenvalue weighted by atomic mass is 16.6. The maximum atomic E-state index is 11.8. The fourth-order valence-corrected chi connectivity index (χ4v) is 2.55. The molecule has 0 atom stereocenters. The molecule has 4 rings (SSSR count). The predicted molar refractivity (Wildman–Crippen MR) is 98.7 cm³/mol. The molecule has 0 radical (unpaired) electrons. The number of nitrogens with zero attached hydrogens (tertiary/aromatic N) is 5. The highest BCUT2D eigenvalue weighted by molar-refractivity contribution is 5.87. The number of aromatic nitrogens is 3. The Morgan fingerprint density at radius 2 is 1.74 bits per heavy atom. The molecule has 132 valence electrons. The molecule has 0 amide bonds. The molecule has 4 aromatic rings. The molecule has 8 nitrogen and oxygen atoms in total. The summed E-state index contributed by atoms with van der Waals surface area (Å²) in [5, 5.41) is 31.5. The number of non-ortho nitro benzene ring substituents is 1. The van der Waals surface area contributed by atoms with Crippen molar-refractivity contribution in [2.45, 2.75) is 0 Å². The second-order valence-corrected chi connectivity index (χ2v) is 5.74. The number of para-hydroxylation sites is 1. The Hall–Kier alpha value is -4.07. The third kappa shape index (κ3) is 3.36. The van der Waals surface area contributed by atoms with Gasteiger partial charge >= 0.3 is 0 Å². The average molecular weight is 358 g/mol. The number of rotatable bonds is 4. The molecule has 1 heterocycles. The van der Waals surface area contributed by atoms with Gasteiger partial charge in [-0.2, -0.15) is 4.80 Å². The summed E-state index contributed by atoms with van der Waals surface area (Å²) >= 11 is 0. The first-order valence-electron chi connectivity index (χ1n) is 8.02. The summed E-state index contributed by atoms with van der Waals surface area (Å²) in [4.78, 5) is 16.1. The van der Waals surface area contributed by atoms with Gasteiger partial charge in [0, 0.05) is 18.3 Å². The molecule has 8 heteroatoms. The van der Waals surface area contributed by atoms with Crippen LogP contribution in [0.2, 0.25) is 0 Å². The number of benzene rings is 3. The predicted octanol–water partition coefficient (Wildman–Crippen LogP) is 3.15. The van der Waals surface area contributed by atoms with E-state index in [0.717, 1.165) is 11.8 Å². The number of hydrogen-bond donors (Lipinski definition) is 0. The molecular weight excluding hydrogens is 346 g/mol. The van der Waals surface area contributed by atoms with Crippen LogP contribution in [-0.4, -0.2) is 26.1 Å². The molecule has 0 aliphatic rings. The summed E-state index contributed by atoms with van der Waals surface area (Å²) in [6.45, 7) is 0. The fraction of sp³-hybridized carbons (Fsp3) is 0.